The van der Waals surface area contributed by atoms with Crippen molar-refractivity contribution >= 4 is 10.4 Å². The average molecular weight is 355 g/mol. The van der Waals surface area contributed by atoms with E-state index in [1.165, 1.54) is 0 Å². The van der Waals surface area contributed by atoms with Gasteiger partial charge in [-0.05, 0) is 0 Å². The zero-order chi connectivity index (χ0) is 4.50. The molecule has 12 heteroatoms. The van der Waals surface area contributed by atoms with E-state index in [4.69, 9.17) is 17.5 Å². The van der Waals surface area contributed by atoms with Crippen LogP contribution < -0.4 is 0 Å². The van der Waals surface area contributed by atoms with Crippen molar-refractivity contribution in [3.63, 3.8) is 0 Å². The van der Waals surface area contributed by atoms with Crippen molar-refractivity contribution in [3.05, 3.63) is 0 Å². The second kappa shape index (κ2) is 29.5. The van der Waals surface area contributed by atoms with E-state index in [1.54, 1.807) is 0 Å². The van der Waals surface area contributed by atoms with Gasteiger partial charge in [0.1, 0.15) is 0 Å². The second-order valence-electron chi connectivity index (χ2n) is 0.408. The molecule has 8 nitrogen and oxygen atoms in total. The first-order chi connectivity index (χ1) is 2.00. The Balaban J connectivity index is -0.00000000381. The minimum atomic E-state index is -5.17. The van der Waals surface area contributed by atoms with Crippen LogP contribution in [0.4, 0.5) is 0 Å². The van der Waals surface area contributed by atoms with Gasteiger partial charge < -0.3 is 31.0 Å². The summed E-state index contributed by atoms with van der Waals surface area (Å²) in [6, 6.07) is 0. The fraction of sp³-hybridized carbons (Fsp3) is 0. The Kier molecular flexibility index (Phi) is 177. The number of hydrogen-bond donors (Lipinski definition) is 0. The van der Waals surface area contributed by atoms with Gasteiger partial charge in [-0.1, -0.05) is 0 Å². The van der Waals surface area contributed by atoms with E-state index in [9.17, 15) is 0 Å². The molecule has 0 saturated carbocycles. The van der Waals surface area contributed by atoms with E-state index in [0.29, 0.717) is 0 Å². The van der Waals surface area contributed by atoms with Crippen molar-refractivity contribution in [3.8, 4) is 0 Å². The first-order valence-corrected chi connectivity index (χ1v) is 2.00. The van der Waals surface area contributed by atoms with Crippen molar-refractivity contribution in [2.45, 2.75) is 0 Å². The molecule has 0 aliphatic rings. The Bertz CT molecular complexity index is 97.5. The molecule has 0 unspecified atom stereocenters. The van der Waals surface area contributed by atoms with Gasteiger partial charge in [0, 0.05) is 10.4 Å². The molecule has 0 fully saturated rings. The third kappa shape index (κ3) is 738. The smallest absolute Gasteiger partial charge is 0.870 e. The first kappa shape index (κ1) is 72.0. The maximum absolute atomic E-state index is 8.52. The first-order valence-electron chi connectivity index (χ1n) is 0.667. The molecule has 0 rings (SSSR count). The molecule has 0 amide bonds. The summed E-state index contributed by atoms with van der Waals surface area (Å²) >= 11 is 0. The molecule has 91 valence electrons. The van der Waals surface area contributed by atoms with Crippen LogP contribution >= 0.6 is 0 Å². The molecule has 0 atom stereocenters. The number of rotatable bonds is 0. The summed E-state index contributed by atoms with van der Waals surface area (Å²) in [6.45, 7) is 0. The van der Waals surface area contributed by atoms with Gasteiger partial charge in [-0.2, -0.15) is 0 Å². The molecule has 0 heterocycles. The largest absolute Gasteiger partial charge is 2.00 e. The standard InChI is InChI=1S/3Cu.H2O4S.4H2O/c;;;1-5(2,3)4;;;;/h;;;(H2,1,2,3,4);4*1H2/q3*+2;;;;;/p-6. The maximum Gasteiger partial charge on any atom is 2.00 e. The molecule has 0 saturated heterocycles. The predicted molar refractivity (Wildman–Crippen MR) is 18.2 cm³/mol. The second-order valence-corrected chi connectivity index (χ2v) is 1.22. The van der Waals surface area contributed by atoms with E-state index in [1.807, 2.05) is 0 Å². The van der Waals surface area contributed by atoms with Crippen LogP contribution in [0.3, 0.4) is 0 Å². The topological polar surface area (TPSA) is 200 Å². The van der Waals surface area contributed by atoms with Gasteiger partial charge in [-0.3, -0.25) is 8.42 Å². The van der Waals surface area contributed by atoms with Crippen LogP contribution in [0.25, 0.3) is 0 Å². The van der Waals surface area contributed by atoms with Crippen LogP contribution in [0.2, 0.25) is 0 Å². The van der Waals surface area contributed by atoms with Gasteiger partial charge >= 0.3 is 51.2 Å². The Hall–Kier alpha value is 1.27. The van der Waals surface area contributed by atoms with Crippen LogP contribution in [0.1, 0.15) is 0 Å². The molecule has 4 N–H and O–H groups in total. The molecule has 0 aromatic rings. The molecular formula is H4Cu3O8S. The fourth-order valence-electron chi connectivity index (χ4n) is 0. The minimum absolute atomic E-state index is 0. The van der Waals surface area contributed by atoms with Crippen molar-refractivity contribution < 1.29 is 90.6 Å². The zero-order valence-electron chi connectivity index (χ0n) is 4.73. The summed E-state index contributed by atoms with van der Waals surface area (Å²) in [4.78, 5) is 0. The van der Waals surface area contributed by atoms with Crippen LogP contribution in [0.5, 0.6) is 0 Å². The quantitative estimate of drug-likeness (QED) is 0.268. The third-order valence-corrected chi connectivity index (χ3v) is 0. The Labute approximate surface area is 101 Å². The van der Waals surface area contributed by atoms with Crippen LogP contribution in [-0.2, 0) is 61.6 Å². The predicted octanol–water partition coefficient (Wildman–Crippen LogP) is -2.05. The molecule has 12 heavy (non-hydrogen) atoms. The third-order valence-electron chi connectivity index (χ3n) is 0. The molecule has 0 aromatic carbocycles. The summed E-state index contributed by atoms with van der Waals surface area (Å²) in [5.41, 5.74) is 0. The zero-order valence-corrected chi connectivity index (χ0v) is 8.38. The van der Waals surface area contributed by atoms with Gasteiger partial charge in [0.2, 0.25) is 0 Å². The monoisotopic (exact) mass is 353 g/mol. The van der Waals surface area contributed by atoms with E-state index in [2.05, 4.69) is 0 Å². The molecule has 0 spiro atoms. The fourth-order valence-corrected chi connectivity index (χ4v) is 0. The van der Waals surface area contributed by atoms with Crippen molar-refractivity contribution in [1.82, 2.24) is 0 Å². The van der Waals surface area contributed by atoms with Gasteiger partial charge in [0.25, 0.3) is 0 Å². The average Bonchev–Trinajstić information content (AvgIpc) is 0.722. The Morgan fingerprint density at radius 3 is 0.667 bits per heavy atom. The van der Waals surface area contributed by atoms with Gasteiger partial charge in [-0.25, -0.2) is 0 Å². The van der Waals surface area contributed by atoms with Gasteiger partial charge in [0.05, 0.1) is 0 Å². The summed E-state index contributed by atoms with van der Waals surface area (Å²) in [5.74, 6) is 0. The molecule has 0 aliphatic carbocycles. The summed E-state index contributed by atoms with van der Waals surface area (Å²) in [7, 11) is -5.17. The Morgan fingerprint density at radius 2 is 0.667 bits per heavy atom. The maximum atomic E-state index is 8.52. The van der Waals surface area contributed by atoms with E-state index in [0.717, 1.165) is 0 Å². The van der Waals surface area contributed by atoms with E-state index in [-0.39, 0.29) is 73.1 Å². The van der Waals surface area contributed by atoms with Crippen molar-refractivity contribution in [2.75, 3.05) is 0 Å². The summed E-state index contributed by atoms with van der Waals surface area (Å²) in [6.07, 6.45) is 0. The SMILES string of the molecule is O=S(=O)([O-])[O-].[Cu+2].[Cu+2].[Cu+2].[OH-].[OH-].[OH-].[OH-]. The Morgan fingerprint density at radius 1 is 0.667 bits per heavy atom. The number of hydrogen-bond acceptors (Lipinski definition) is 8. The van der Waals surface area contributed by atoms with Gasteiger partial charge in [0.15, 0.2) is 0 Å². The van der Waals surface area contributed by atoms with E-state index >= 15 is 0 Å². The minimum Gasteiger partial charge on any atom is -0.870 e. The van der Waals surface area contributed by atoms with Crippen LogP contribution in [0.15, 0.2) is 0 Å². The van der Waals surface area contributed by atoms with Crippen LogP contribution in [-0.4, -0.2) is 39.4 Å². The molecule has 0 aliphatic heterocycles. The summed E-state index contributed by atoms with van der Waals surface area (Å²) in [5, 5.41) is 0. The molecule has 3 radical (unpaired) electrons. The van der Waals surface area contributed by atoms with Gasteiger partial charge in [-0.15, -0.1) is 0 Å². The van der Waals surface area contributed by atoms with Crippen molar-refractivity contribution in [2.24, 2.45) is 0 Å². The molecule has 0 bridgehead atoms. The van der Waals surface area contributed by atoms with Crippen molar-refractivity contribution in [1.29, 1.82) is 0 Å². The normalized spacial score (nSPS) is 4.83. The van der Waals surface area contributed by atoms with E-state index < -0.39 is 10.4 Å². The van der Waals surface area contributed by atoms with Crippen LogP contribution in [0, 0.1) is 0 Å². The molecular weight excluding hydrogens is 351 g/mol. The summed E-state index contributed by atoms with van der Waals surface area (Å²) < 4.78 is 34.1. The molecule has 0 aromatic heterocycles.